The quantitative estimate of drug-likeness (QED) is 0.604. The maximum Gasteiger partial charge on any atom is 0.270 e. The van der Waals surface area contributed by atoms with Gasteiger partial charge >= 0.3 is 0 Å². The first-order chi connectivity index (χ1) is 15.6. The lowest BCUT2D eigenvalue weighted by Gasteiger charge is -2.37. The van der Waals surface area contributed by atoms with Crippen LogP contribution in [-0.2, 0) is 4.79 Å². The molecule has 0 bridgehead atoms. The summed E-state index contributed by atoms with van der Waals surface area (Å²) < 4.78 is 5.37. The van der Waals surface area contributed by atoms with Gasteiger partial charge in [0, 0.05) is 44.0 Å². The van der Waals surface area contributed by atoms with E-state index in [9.17, 15) is 9.59 Å². The van der Waals surface area contributed by atoms with E-state index >= 15 is 0 Å². The molecule has 8 heteroatoms. The predicted octanol–water partition coefficient (Wildman–Crippen LogP) is 2.97. The molecule has 1 aliphatic rings. The second-order valence-electron chi connectivity index (χ2n) is 7.61. The van der Waals surface area contributed by atoms with Crippen LogP contribution < -0.4 is 10.2 Å². The van der Waals surface area contributed by atoms with E-state index in [4.69, 9.17) is 4.42 Å². The number of amides is 2. The minimum atomic E-state index is -0.339. The Balaban J connectivity index is 1.45. The van der Waals surface area contributed by atoms with Crippen LogP contribution in [0, 0.1) is 0 Å². The van der Waals surface area contributed by atoms with Crippen molar-refractivity contribution in [2.24, 2.45) is 0 Å². The Bertz CT molecular complexity index is 1060. The van der Waals surface area contributed by atoms with Crippen LogP contribution in [0.2, 0.25) is 0 Å². The van der Waals surface area contributed by atoms with Crippen molar-refractivity contribution in [1.29, 1.82) is 0 Å². The molecule has 1 saturated heterocycles. The van der Waals surface area contributed by atoms with Gasteiger partial charge in [-0.25, -0.2) is 0 Å². The molecule has 1 N–H and O–H groups in total. The first-order valence-electron chi connectivity index (χ1n) is 10.5. The molecule has 3 heterocycles. The van der Waals surface area contributed by atoms with E-state index in [0.717, 1.165) is 18.7 Å². The maximum atomic E-state index is 13.3. The van der Waals surface area contributed by atoms with Crippen LogP contribution in [0.5, 0.6) is 0 Å². The van der Waals surface area contributed by atoms with Crippen molar-refractivity contribution in [2.45, 2.75) is 18.9 Å². The minimum absolute atomic E-state index is 0.189. The number of aromatic nitrogens is 2. The molecule has 32 heavy (non-hydrogen) atoms. The van der Waals surface area contributed by atoms with Gasteiger partial charge in [-0.2, -0.15) is 5.10 Å². The summed E-state index contributed by atoms with van der Waals surface area (Å²) in [6.07, 6.45) is 6.33. The Hall–Kier alpha value is -3.94. The monoisotopic (exact) mass is 431 g/mol. The number of nitrogens with one attached hydrogen (secondary N) is 1. The zero-order valence-corrected chi connectivity index (χ0v) is 17.8. The molecule has 2 aromatic heterocycles. The van der Waals surface area contributed by atoms with Gasteiger partial charge in [0.15, 0.2) is 5.82 Å². The third-order valence-corrected chi connectivity index (χ3v) is 5.56. The molecule has 0 radical (unpaired) electrons. The molecule has 3 aromatic rings. The average Bonchev–Trinajstić information content (AvgIpc) is 3.37. The van der Waals surface area contributed by atoms with Gasteiger partial charge < -0.3 is 19.5 Å². The summed E-state index contributed by atoms with van der Waals surface area (Å²) in [5.74, 6) is 0.741. The van der Waals surface area contributed by atoms with Gasteiger partial charge in [0.25, 0.3) is 11.8 Å². The van der Waals surface area contributed by atoms with E-state index in [-0.39, 0.29) is 23.6 Å². The predicted molar refractivity (Wildman–Crippen MR) is 121 cm³/mol. The highest BCUT2D eigenvalue weighted by molar-refractivity contribution is 6.05. The Labute approximate surface area is 186 Å². The van der Waals surface area contributed by atoms with Gasteiger partial charge in [-0.05, 0) is 49.2 Å². The standard InChI is InChI=1S/C24H25N5O3/c1-28(22-10-5-13-25-27-22)19-11-14-29(15-12-19)24(31)21(17-20-9-6-16-32-20)26-23(30)18-7-3-2-4-8-18/h2-10,13,16-17,19H,11-12,14-15H2,1H3,(H,26,30)/b21-17-. The number of rotatable bonds is 6. The number of hydrogen-bond acceptors (Lipinski definition) is 6. The van der Waals surface area contributed by atoms with Crippen LogP contribution in [0.25, 0.3) is 6.08 Å². The highest BCUT2D eigenvalue weighted by atomic mass is 16.3. The molecule has 0 aliphatic carbocycles. The number of hydrogen-bond donors (Lipinski definition) is 1. The Kier molecular flexibility index (Phi) is 6.60. The fourth-order valence-electron chi connectivity index (χ4n) is 3.75. The number of benzene rings is 1. The summed E-state index contributed by atoms with van der Waals surface area (Å²) >= 11 is 0. The van der Waals surface area contributed by atoms with Crippen molar-refractivity contribution >= 4 is 23.7 Å². The molecular weight excluding hydrogens is 406 g/mol. The van der Waals surface area contributed by atoms with E-state index in [1.807, 2.05) is 25.2 Å². The van der Waals surface area contributed by atoms with E-state index in [1.54, 1.807) is 53.6 Å². The molecule has 1 fully saturated rings. The van der Waals surface area contributed by atoms with Crippen molar-refractivity contribution in [2.75, 3.05) is 25.0 Å². The summed E-state index contributed by atoms with van der Waals surface area (Å²) in [5, 5.41) is 10.9. The number of carbonyl (C=O) groups excluding carboxylic acids is 2. The molecule has 0 atom stereocenters. The zero-order valence-electron chi connectivity index (χ0n) is 17.8. The molecule has 0 saturated carbocycles. The van der Waals surface area contributed by atoms with E-state index in [0.29, 0.717) is 24.4 Å². The average molecular weight is 431 g/mol. The lowest BCUT2D eigenvalue weighted by molar-refractivity contribution is -0.128. The van der Waals surface area contributed by atoms with Gasteiger partial charge in [0.1, 0.15) is 11.5 Å². The van der Waals surface area contributed by atoms with Crippen LogP contribution in [0.1, 0.15) is 29.0 Å². The normalized spacial score (nSPS) is 14.8. The third-order valence-electron chi connectivity index (χ3n) is 5.56. The van der Waals surface area contributed by atoms with Crippen molar-refractivity contribution in [3.63, 3.8) is 0 Å². The SMILES string of the molecule is CN(c1cccnn1)C1CCN(C(=O)/C(=C/c2ccco2)NC(=O)c2ccccc2)CC1. The number of furan rings is 1. The van der Waals surface area contributed by atoms with Crippen molar-refractivity contribution < 1.29 is 14.0 Å². The fraction of sp³-hybridized carbons (Fsp3) is 0.250. The van der Waals surface area contributed by atoms with Crippen LogP contribution in [0.3, 0.4) is 0 Å². The molecule has 1 aliphatic heterocycles. The summed E-state index contributed by atoms with van der Waals surface area (Å²) in [6, 6.07) is 16.3. The molecular formula is C24H25N5O3. The van der Waals surface area contributed by atoms with Gasteiger partial charge in [0.2, 0.25) is 0 Å². The van der Waals surface area contributed by atoms with E-state index in [1.165, 1.54) is 6.26 Å². The smallest absolute Gasteiger partial charge is 0.270 e. The highest BCUT2D eigenvalue weighted by Crippen LogP contribution is 2.21. The van der Waals surface area contributed by atoms with Crippen molar-refractivity contribution in [1.82, 2.24) is 20.4 Å². The lowest BCUT2D eigenvalue weighted by atomic mass is 10.0. The number of piperidine rings is 1. The van der Waals surface area contributed by atoms with Crippen LogP contribution in [0.4, 0.5) is 5.82 Å². The number of anilines is 1. The largest absolute Gasteiger partial charge is 0.465 e. The zero-order chi connectivity index (χ0) is 22.3. The molecule has 0 unspecified atom stereocenters. The Morgan fingerprint density at radius 1 is 1.09 bits per heavy atom. The first-order valence-corrected chi connectivity index (χ1v) is 10.5. The molecule has 8 nitrogen and oxygen atoms in total. The number of likely N-dealkylation sites (tertiary alicyclic amines) is 1. The van der Waals surface area contributed by atoms with E-state index in [2.05, 4.69) is 20.4 Å². The van der Waals surface area contributed by atoms with Gasteiger partial charge in [-0.3, -0.25) is 9.59 Å². The molecule has 2 amide bonds. The Morgan fingerprint density at radius 2 is 1.88 bits per heavy atom. The van der Waals surface area contributed by atoms with Crippen LogP contribution in [-0.4, -0.2) is 53.1 Å². The summed E-state index contributed by atoms with van der Waals surface area (Å²) in [6.45, 7) is 1.15. The van der Waals surface area contributed by atoms with Crippen LogP contribution in [0.15, 0.2) is 77.2 Å². The maximum absolute atomic E-state index is 13.3. The first kappa shape index (κ1) is 21.3. The van der Waals surface area contributed by atoms with Gasteiger partial charge in [0.05, 0.1) is 6.26 Å². The number of carbonyl (C=O) groups is 2. The second kappa shape index (κ2) is 9.91. The third kappa shape index (κ3) is 5.03. The molecule has 164 valence electrons. The molecule has 4 rings (SSSR count). The highest BCUT2D eigenvalue weighted by Gasteiger charge is 2.28. The summed E-state index contributed by atoms with van der Waals surface area (Å²) in [5.41, 5.74) is 0.671. The van der Waals surface area contributed by atoms with Crippen molar-refractivity contribution in [3.8, 4) is 0 Å². The Morgan fingerprint density at radius 3 is 2.53 bits per heavy atom. The van der Waals surface area contributed by atoms with E-state index < -0.39 is 0 Å². The molecule has 1 aromatic carbocycles. The second-order valence-corrected chi connectivity index (χ2v) is 7.61. The summed E-state index contributed by atoms with van der Waals surface area (Å²) in [4.78, 5) is 29.9. The molecule has 0 spiro atoms. The van der Waals surface area contributed by atoms with Gasteiger partial charge in [-0.1, -0.05) is 18.2 Å². The summed E-state index contributed by atoms with van der Waals surface area (Å²) in [7, 11) is 1.99. The topological polar surface area (TPSA) is 91.6 Å². The lowest BCUT2D eigenvalue weighted by Crippen LogP contribution is -2.47. The van der Waals surface area contributed by atoms with Crippen molar-refractivity contribution in [3.05, 3.63) is 84.1 Å². The number of nitrogens with zero attached hydrogens (tertiary/aromatic N) is 4. The van der Waals surface area contributed by atoms with Gasteiger partial charge in [-0.15, -0.1) is 5.10 Å². The minimum Gasteiger partial charge on any atom is -0.465 e. The fourth-order valence-corrected chi connectivity index (χ4v) is 3.75. The van der Waals surface area contributed by atoms with Crippen LogP contribution >= 0.6 is 0 Å².